The van der Waals surface area contributed by atoms with Gasteiger partial charge in [0.15, 0.2) is 0 Å². The zero-order valence-electron chi connectivity index (χ0n) is 12.8. The van der Waals surface area contributed by atoms with E-state index in [-0.39, 0.29) is 0 Å². The summed E-state index contributed by atoms with van der Waals surface area (Å²) < 4.78 is 1.95. The van der Waals surface area contributed by atoms with Crippen molar-refractivity contribution in [3.05, 3.63) is 30.0 Å². The van der Waals surface area contributed by atoms with E-state index in [2.05, 4.69) is 53.8 Å². The Morgan fingerprint density at radius 2 is 1.90 bits per heavy atom. The number of aromatic nitrogens is 2. The Morgan fingerprint density at radius 1 is 1.15 bits per heavy atom. The lowest BCUT2D eigenvalue weighted by Gasteiger charge is -2.07. The Kier molecular flexibility index (Phi) is 5.56. The number of benzene rings is 1. The molecule has 0 radical (unpaired) electrons. The number of fused-ring (bicyclic) bond motifs is 1. The van der Waals surface area contributed by atoms with Crippen LogP contribution in [0.25, 0.3) is 10.9 Å². The molecule has 0 bridgehead atoms. The van der Waals surface area contributed by atoms with Gasteiger partial charge in [-0.2, -0.15) is 5.10 Å². The third-order valence-electron chi connectivity index (χ3n) is 3.39. The van der Waals surface area contributed by atoms with Crippen molar-refractivity contribution in [2.45, 2.75) is 26.8 Å². The van der Waals surface area contributed by atoms with Crippen molar-refractivity contribution in [3.63, 3.8) is 0 Å². The lowest BCUT2D eigenvalue weighted by molar-refractivity contribution is 0.529. The van der Waals surface area contributed by atoms with Gasteiger partial charge in [0.05, 0.1) is 11.2 Å². The van der Waals surface area contributed by atoms with Gasteiger partial charge >= 0.3 is 0 Å². The molecule has 0 saturated heterocycles. The highest BCUT2D eigenvalue weighted by Crippen LogP contribution is 2.16. The summed E-state index contributed by atoms with van der Waals surface area (Å²) in [5, 5.41) is 12.8. The number of para-hydroxylation sites is 1. The number of rotatable bonds is 8. The Hall–Kier alpha value is -1.39. The molecule has 20 heavy (non-hydrogen) atoms. The van der Waals surface area contributed by atoms with E-state index in [1.165, 1.54) is 10.9 Å². The first-order valence-electron chi connectivity index (χ1n) is 7.50. The molecule has 0 aliphatic carbocycles. The summed E-state index contributed by atoms with van der Waals surface area (Å²) >= 11 is 0. The molecule has 110 valence electrons. The first-order valence-corrected chi connectivity index (χ1v) is 7.50. The molecule has 0 atom stereocenters. The Labute approximate surface area is 121 Å². The minimum absolute atomic E-state index is 0.725. The minimum Gasteiger partial charge on any atom is -0.316 e. The zero-order chi connectivity index (χ0) is 14.4. The number of hydrogen-bond donors (Lipinski definition) is 2. The van der Waals surface area contributed by atoms with E-state index in [0.29, 0.717) is 0 Å². The van der Waals surface area contributed by atoms with E-state index in [4.69, 9.17) is 0 Å². The molecule has 2 rings (SSSR count). The molecular weight excluding hydrogens is 248 g/mol. The second kappa shape index (κ2) is 7.41. The predicted octanol–water partition coefficient (Wildman–Crippen LogP) is 2.30. The molecule has 1 aromatic heterocycles. The van der Waals surface area contributed by atoms with E-state index < -0.39 is 0 Å². The molecule has 1 aromatic carbocycles. The van der Waals surface area contributed by atoms with Crippen LogP contribution < -0.4 is 10.6 Å². The zero-order valence-corrected chi connectivity index (χ0v) is 12.8. The number of hydrogen-bond acceptors (Lipinski definition) is 3. The molecule has 0 amide bonds. The summed E-state index contributed by atoms with van der Waals surface area (Å²) in [6.07, 6.45) is 1.15. The predicted molar refractivity (Wildman–Crippen MR) is 84.7 cm³/mol. The summed E-state index contributed by atoms with van der Waals surface area (Å²) in [6.45, 7) is 8.51. The Balaban J connectivity index is 1.74. The van der Waals surface area contributed by atoms with E-state index in [1.54, 1.807) is 0 Å². The van der Waals surface area contributed by atoms with Gasteiger partial charge in [0, 0.05) is 19.0 Å². The first kappa shape index (κ1) is 15.0. The largest absolute Gasteiger partial charge is 0.316 e. The van der Waals surface area contributed by atoms with Gasteiger partial charge in [-0.1, -0.05) is 32.0 Å². The maximum absolute atomic E-state index is 4.59. The molecule has 0 unspecified atom stereocenters. The lowest BCUT2D eigenvalue weighted by atomic mass is 10.2. The van der Waals surface area contributed by atoms with Crippen LogP contribution in [0.3, 0.4) is 0 Å². The van der Waals surface area contributed by atoms with Crippen LogP contribution in [-0.2, 0) is 13.6 Å². The first-order chi connectivity index (χ1) is 9.68. The van der Waals surface area contributed by atoms with Crippen LogP contribution in [0.15, 0.2) is 24.3 Å². The van der Waals surface area contributed by atoms with Gasteiger partial charge in [0.2, 0.25) is 0 Å². The third-order valence-corrected chi connectivity index (χ3v) is 3.39. The molecular formula is C16H26N4. The fraction of sp³-hybridized carbons (Fsp3) is 0.562. The van der Waals surface area contributed by atoms with Gasteiger partial charge in [-0.15, -0.1) is 0 Å². The van der Waals surface area contributed by atoms with Crippen molar-refractivity contribution in [1.82, 2.24) is 20.4 Å². The summed E-state index contributed by atoms with van der Waals surface area (Å²) in [5.41, 5.74) is 2.33. The standard InChI is InChI=1S/C16H26N4/c1-13(2)11-17-9-6-10-18-12-15-14-7-4-5-8-16(14)20(3)19-15/h4-5,7-8,13,17-18H,6,9-12H2,1-3H3. The van der Waals surface area contributed by atoms with Gasteiger partial charge in [-0.05, 0) is 38.0 Å². The van der Waals surface area contributed by atoms with E-state index in [1.807, 2.05) is 11.7 Å². The number of nitrogens with zero attached hydrogens (tertiary/aromatic N) is 2. The van der Waals surface area contributed by atoms with Crippen LogP contribution in [-0.4, -0.2) is 29.4 Å². The van der Waals surface area contributed by atoms with E-state index >= 15 is 0 Å². The summed E-state index contributed by atoms with van der Waals surface area (Å²) in [6, 6.07) is 8.39. The maximum atomic E-state index is 4.59. The second-order valence-corrected chi connectivity index (χ2v) is 5.72. The normalized spacial score (nSPS) is 11.6. The fourth-order valence-corrected chi connectivity index (χ4v) is 2.36. The molecule has 4 heteroatoms. The summed E-state index contributed by atoms with van der Waals surface area (Å²) in [5.74, 6) is 0.725. The minimum atomic E-state index is 0.725. The monoisotopic (exact) mass is 274 g/mol. The topological polar surface area (TPSA) is 41.9 Å². The van der Waals surface area contributed by atoms with Crippen LogP contribution in [0.2, 0.25) is 0 Å². The highest BCUT2D eigenvalue weighted by atomic mass is 15.3. The average Bonchev–Trinajstić information content (AvgIpc) is 2.75. The van der Waals surface area contributed by atoms with Gasteiger partial charge < -0.3 is 10.6 Å². The smallest absolute Gasteiger partial charge is 0.0841 e. The molecule has 0 aliphatic heterocycles. The second-order valence-electron chi connectivity index (χ2n) is 5.72. The lowest BCUT2D eigenvalue weighted by Crippen LogP contribution is -2.24. The quantitative estimate of drug-likeness (QED) is 0.726. The van der Waals surface area contributed by atoms with Crippen molar-refractivity contribution in [3.8, 4) is 0 Å². The molecule has 0 aliphatic rings. The van der Waals surface area contributed by atoms with Crippen LogP contribution in [0.4, 0.5) is 0 Å². The van der Waals surface area contributed by atoms with Crippen molar-refractivity contribution in [2.75, 3.05) is 19.6 Å². The van der Waals surface area contributed by atoms with Crippen molar-refractivity contribution in [1.29, 1.82) is 0 Å². The molecule has 4 nitrogen and oxygen atoms in total. The molecule has 0 spiro atoms. The summed E-state index contributed by atoms with van der Waals surface area (Å²) in [7, 11) is 2.00. The molecule has 2 N–H and O–H groups in total. The summed E-state index contributed by atoms with van der Waals surface area (Å²) in [4.78, 5) is 0. The third kappa shape index (κ3) is 4.05. The Morgan fingerprint density at radius 3 is 2.70 bits per heavy atom. The van der Waals surface area contributed by atoms with Crippen LogP contribution in [0, 0.1) is 5.92 Å². The van der Waals surface area contributed by atoms with Crippen molar-refractivity contribution >= 4 is 10.9 Å². The van der Waals surface area contributed by atoms with Gasteiger partial charge in [0.1, 0.15) is 0 Å². The Bertz CT molecular complexity index is 530. The number of aryl methyl sites for hydroxylation is 1. The van der Waals surface area contributed by atoms with Crippen molar-refractivity contribution < 1.29 is 0 Å². The van der Waals surface area contributed by atoms with E-state index in [9.17, 15) is 0 Å². The van der Waals surface area contributed by atoms with Crippen molar-refractivity contribution in [2.24, 2.45) is 13.0 Å². The van der Waals surface area contributed by atoms with E-state index in [0.717, 1.165) is 44.2 Å². The molecule has 0 saturated carbocycles. The fourth-order valence-electron chi connectivity index (χ4n) is 2.36. The van der Waals surface area contributed by atoms with Crippen LogP contribution in [0.1, 0.15) is 26.0 Å². The molecule has 0 fully saturated rings. The van der Waals surface area contributed by atoms with Crippen LogP contribution >= 0.6 is 0 Å². The SMILES string of the molecule is CC(C)CNCCCNCc1nn(C)c2ccccc12. The van der Waals surface area contributed by atoms with Crippen LogP contribution in [0.5, 0.6) is 0 Å². The maximum Gasteiger partial charge on any atom is 0.0841 e. The number of nitrogens with one attached hydrogen (secondary N) is 2. The van der Waals surface area contributed by atoms with Gasteiger partial charge in [-0.3, -0.25) is 4.68 Å². The highest BCUT2D eigenvalue weighted by Gasteiger charge is 2.06. The average molecular weight is 274 g/mol. The van der Waals surface area contributed by atoms with Gasteiger partial charge in [-0.25, -0.2) is 0 Å². The molecule has 1 heterocycles. The highest BCUT2D eigenvalue weighted by molar-refractivity contribution is 5.81. The molecule has 2 aromatic rings. The van der Waals surface area contributed by atoms with Gasteiger partial charge in [0.25, 0.3) is 0 Å².